The van der Waals surface area contributed by atoms with E-state index in [4.69, 9.17) is 4.98 Å². The highest BCUT2D eigenvalue weighted by molar-refractivity contribution is 14.1. The summed E-state index contributed by atoms with van der Waals surface area (Å²) in [7, 11) is 0. The van der Waals surface area contributed by atoms with Gasteiger partial charge in [-0.15, -0.1) is 0 Å². The number of hydrogen-bond donors (Lipinski definition) is 1. The largest absolute Gasteiger partial charge is 0.369 e. The van der Waals surface area contributed by atoms with Gasteiger partial charge in [-0.2, -0.15) is 0 Å². The highest BCUT2D eigenvalue weighted by Crippen LogP contribution is 2.25. The zero-order valence-electron chi connectivity index (χ0n) is 12.7. The van der Waals surface area contributed by atoms with E-state index in [2.05, 4.69) is 58.6 Å². The van der Waals surface area contributed by atoms with E-state index in [9.17, 15) is 0 Å². The van der Waals surface area contributed by atoms with Crippen LogP contribution >= 0.6 is 22.6 Å². The smallest absolute Gasteiger partial charge is 0.143 e. The number of rotatable bonds is 6. The van der Waals surface area contributed by atoms with Gasteiger partial charge < -0.3 is 5.32 Å². The summed E-state index contributed by atoms with van der Waals surface area (Å²) >= 11 is 2.34. The molecule has 0 bridgehead atoms. The lowest BCUT2D eigenvalue weighted by molar-refractivity contribution is 0.779. The molecule has 0 unspecified atom stereocenters. The van der Waals surface area contributed by atoms with E-state index in [1.165, 1.54) is 0 Å². The lowest BCUT2D eigenvalue weighted by Gasteiger charge is -2.14. The third-order valence-corrected chi connectivity index (χ3v) is 4.14. The molecule has 2 rings (SSSR count). The van der Waals surface area contributed by atoms with Crippen molar-refractivity contribution in [2.45, 2.75) is 39.5 Å². The van der Waals surface area contributed by atoms with Crippen LogP contribution in [0.25, 0.3) is 0 Å². The Morgan fingerprint density at radius 3 is 2.67 bits per heavy atom. The fraction of sp³-hybridized carbons (Fsp3) is 0.438. The Kier molecular flexibility index (Phi) is 5.90. The normalized spacial score (nSPS) is 10.9. The van der Waals surface area contributed by atoms with Gasteiger partial charge in [0.2, 0.25) is 0 Å². The first kappa shape index (κ1) is 16.1. The van der Waals surface area contributed by atoms with Gasteiger partial charge in [0, 0.05) is 18.4 Å². The highest BCUT2D eigenvalue weighted by Gasteiger charge is 2.15. The standard InChI is InChI=1S/C16H21IN4/c1-4-8-19-16-14(17)15(11(2)3)20-13(21-16)10-12-7-5-6-9-18-12/h5-7,9,11H,4,8,10H2,1-3H3,(H,19,20,21). The van der Waals surface area contributed by atoms with Crippen molar-refractivity contribution in [1.82, 2.24) is 15.0 Å². The number of nitrogens with zero attached hydrogens (tertiary/aromatic N) is 3. The van der Waals surface area contributed by atoms with E-state index >= 15 is 0 Å². The molecule has 0 fully saturated rings. The Morgan fingerprint density at radius 2 is 2.05 bits per heavy atom. The molecule has 5 heteroatoms. The summed E-state index contributed by atoms with van der Waals surface area (Å²) in [6.45, 7) is 7.41. The molecule has 0 radical (unpaired) electrons. The first-order valence-electron chi connectivity index (χ1n) is 7.32. The molecule has 0 aliphatic carbocycles. The molecule has 21 heavy (non-hydrogen) atoms. The summed E-state index contributed by atoms with van der Waals surface area (Å²) < 4.78 is 1.13. The van der Waals surface area contributed by atoms with Crippen LogP contribution in [-0.4, -0.2) is 21.5 Å². The van der Waals surface area contributed by atoms with Crippen molar-refractivity contribution in [3.63, 3.8) is 0 Å². The second-order valence-electron chi connectivity index (χ2n) is 5.27. The molecule has 2 aromatic rings. The topological polar surface area (TPSA) is 50.7 Å². The van der Waals surface area contributed by atoms with Gasteiger partial charge in [0.15, 0.2) is 0 Å². The number of nitrogens with one attached hydrogen (secondary N) is 1. The number of pyridine rings is 1. The fourth-order valence-electron chi connectivity index (χ4n) is 2.00. The monoisotopic (exact) mass is 396 g/mol. The summed E-state index contributed by atoms with van der Waals surface area (Å²) in [5, 5.41) is 3.41. The Bertz CT molecular complexity index is 584. The van der Waals surface area contributed by atoms with Crippen LogP contribution in [0.1, 0.15) is 50.3 Å². The van der Waals surface area contributed by atoms with Crippen LogP contribution in [0, 0.1) is 3.57 Å². The van der Waals surface area contributed by atoms with E-state index in [-0.39, 0.29) is 0 Å². The van der Waals surface area contributed by atoms with Gasteiger partial charge in [0.1, 0.15) is 11.6 Å². The van der Waals surface area contributed by atoms with Crippen LogP contribution in [0.4, 0.5) is 5.82 Å². The van der Waals surface area contributed by atoms with Crippen LogP contribution in [0.5, 0.6) is 0 Å². The molecule has 0 aliphatic rings. The predicted octanol–water partition coefficient (Wildman–Crippen LogP) is 4.01. The minimum Gasteiger partial charge on any atom is -0.369 e. The molecule has 0 aromatic carbocycles. The summed E-state index contributed by atoms with van der Waals surface area (Å²) in [4.78, 5) is 13.8. The minimum absolute atomic E-state index is 0.379. The maximum Gasteiger partial charge on any atom is 0.143 e. The molecule has 0 amide bonds. The molecular formula is C16H21IN4. The van der Waals surface area contributed by atoms with Crippen LogP contribution in [-0.2, 0) is 6.42 Å². The Balaban J connectivity index is 2.34. The van der Waals surface area contributed by atoms with Crippen molar-refractivity contribution in [2.75, 3.05) is 11.9 Å². The zero-order valence-corrected chi connectivity index (χ0v) is 14.9. The predicted molar refractivity (Wildman–Crippen MR) is 94.7 cm³/mol. The summed E-state index contributed by atoms with van der Waals surface area (Å²) in [5.74, 6) is 2.16. The molecule has 2 aromatic heterocycles. The van der Waals surface area contributed by atoms with Crippen LogP contribution in [0.15, 0.2) is 24.4 Å². The maximum absolute atomic E-state index is 4.74. The van der Waals surface area contributed by atoms with Crippen molar-refractivity contribution >= 4 is 28.4 Å². The molecule has 4 nitrogen and oxygen atoms in total. The van der Waals surface area contributed by atoms with Gasteiger partial charge in [-0.1, -0.05) is 26.8 Å². The summed E-state index contributed by atoms with van der Waals surface area (Å²) in [5.41, 5.74) is 2.10. The van der Waals surface area contributed by atoms with Crippen LogP contribution < -0.4 is 5.32 Å². The van der Waals surface area contributed by atoms with Crippen molar-refractivity contribution in [1.29, 1.82) is 0 Å². The van der Waals surface area contributed by atoms with Gasteiger partial charge >= 0.3 is 0 Å². The van der Waals surface area contributed by atoms with Gasteiger partial charge in [-0.3, -0.25) is 4.98 Å². The SMILES string of the molecule is CCCNc1nc(Cc2ccccn2)nc(C(C)C)c1I. The first-order valence-corrected chi connectivity index (χ1v) is 8.39. The molecule has 0 spiro atoms. The highest BCUT2D eigenvalue weighted by atomic mass is 127. The maximum atomic E-state index is 4.74. The zero-order chi connectivity index (χ0) is 15.2. The lowest BCUT2D eigenvalue weighted by atomic mass is 10.1. The first-order chi connectivity index (χ1) is 10.1. The van der Waals surface area contributed by atoms with E-state index in [0.29, 0.717) is 12.3 Å². The van der Waals surface area contributed by atoms with Crippen molar-refractivity contribution in [3.05, 3.63) is 45.2 Å². The van der Waals surface area contributed by atoms with Crippen LogP contribution in [0.2, 0.25) is 0 Å². The molecule has 0 aliphatic heterocycles. The second-order valence-corrected chi connectivity index (χ2v) is 6.35. The molecule has 0 saturated carbocycles. The summed E-state index contributed by atoms with van der Waals surface area (Å²) in [6, 6.07) is 5.93. The number of aromatic nitrogens is 3. The van der Waals surface area contributed by atoms with E-state index in [1.54, 1.807) is 0 Å². The number of halogens is 1. The molecule has 0 atom stereocenters. The van der Waals surface area contributed by atoms with Gasteiger partial charge in [-0.05, 0) is 47.1 Å². The summed E-state index contributed by atoms with van der Waals surface area (Å²) in [6.07, 6.45) is 3.55. The second kappa shape index (κ2) is 7.68. The van der Waals surface area contributed by atoms with E-state index < -0.39 is 0 Å². The fourth-order valence-corrected chi connectivity index (χ4v) is 3.05. The quantitative estimate of drug-likeness (QED) is 0.750. The third kappa shape index (κ3) is 4.36. The Hall–Kier alpha value is -1.24. The van der Waals surface area contributed by atoms with Gasteiger partial charge in [0.25, 0.3) is 0 Å². The molecule has 1 N–H and O–H groups in total. The van der Waals surface area contributed by atoms with E-state index in [0.717, 1.165) is 39.6 Å². The molecule has 0 saturated heterocycles. The Morgan fingerprint density at radius 1 is 1.24 bits per heavy atom. The molecule has 2 heterocycles. The molecule has 112 valence electrons. The minimum atomic E-state index is 0.379. The lowest BCUT2D eigenvalue weighted by Crippen LogP contribution is -2.12. The average molecular weight is 396 g/mol. The third-order valence-electron chi connectivity index (χ3n) is 3.08. The molecular weight excluding hydrogens is 375 g/mol. The Labute approximate surface area is 140 Å². The number of anilines is 1. The van der Waals surface area contributed by atoms with Crippen molar-refractivity contribution in [3.8, 4) is 0 Å². The van der Waals surface area contributed by atoms with Crippen molar-refractivity contribution < 1.29 is 0 Å². The van der Waals surface area contributed by atoms with E-state index in [1.807, 2.05) is 24.4 Å². The van der Waals surface area contributed by atoms with Gasteiger partial charge in [-0.25, -0.2) is 9.97 Å². The number of hydrogen-bond acceptors (Lipinski definition) is 4. The van der Waals surface area contributed by atoms with Crippen LogP contribution in [0.3, 0.4) is 0 Å². The van der Waals surface area contributed by atoms with Crippen molar-refractivity contribution in [2.24, 2.45) is 0 Å². The average Bonchev–Trinajstić information content (AvgIpc) is 2.48. The van der Waals surface area contributed by atoms with Gasteiger partial charge in [0.05, 0.1) is 15.7 Å².